The molecule has 0 aliphatic carbocycles. The average molecular weight is 341 g/mol. The minimum Gasteiger partial charge on any atom is -0.496 e. The summed E-state index contributed by atoms with van der Waals surface area (Å²) < 4.78 is 5.91. The summed E-state index contributed by atoms with van der Waals surface area (Å²) >= 11 is 3.38. The molecule has 0 radical (unpaired) electrons. The highest BCUT2D eigenvalue weighted by Gasteiger charge is 2.23. The summed E-state index contributed by atoms with van der Waals surface area (Å²) in [6.45, 7) is 3.89. The van der Waals surface area contributed by atoms with Gasteiger partial charge in [-0.1, -0.05) is 0 Å². The van der Waals surface area contributed by atoms with E-state index in [2.05, 4.69) is 15.9 Å². The van der Waals surface area contributed by atoms with Gasteiger partial charge in [-0.3, -0.25) is 9.59 Å². The van der Waals surface area contributed by atoms with Crippen LogP contribution in [0.3, 0.4) is 0 Å². The first-order chi connectivity index (χ1) is 9.52. The average Bonchev–Trinajstić information content (AvgIpc) is 2.46. The zero-order valence-corrected chi connectivity index (χ0v) is 13.1. The molecular weight excluding hydrogens is 324 g/mol. The lowest BCUT2D eigenvalue weighted by Gasteiger charge is -2.34. The molecule has 108 valence electrons. The number of carbonyl (C=O) groups is 2. The number of piperazine rings is 1. The zero-order valence-electron chi connectivity index (χ0n) is 11.6. The summed E-state index contributed by atoms with van der Waals surface area (Å²) in [6.07, 6.45) is 0. The first-order valence-corrected chi connectivity index (χ1v) is 7.20. The van der Waals surface area contributed by atoms with Crippen molar-refractivity contribution < 1.29 is 14.3 Å². The van der Waals surface area contributed by atoms with Gasteiger partial charge in [-0.15, -0.1) is 0 Å². The molecule has 1 aliphatic heterocycles. The summed E-state index contributed by atoms with van der Waals surface area (Å²) in [5.41, 5.74) is 0.619. The number of rotatable bonds is 2. The molecule has 20 heavy (non-hydrogen) atoms. The zero-order chi connectivity index (χ0) is 14.7. The Morgan fingerprint density at radius 2 is 1.75 bits per heavy atom. The van der Waals surface area contributed by atoms with Gasteiger partial charge >= 0.3 is 0 Å². The Hall–Kier alpha value is -1.56. The molecule has 1 aromatic carbocycles. The van der Waals surface area contributed by atoms with Crippen molar-refractivity contribution in [2.24, 2.45) is 0 Å². The molecule has 1 aliphatic rings. The highest BCUT2D eigenvalue weighted by atomic mass is 79.9. The van der Waals surface area contributed by atoms with E-state index in [1.807, 2.05) is 0 Å². The number of hydrogen-bond donors (Lipinski definition) is 0. The number of halogens is 1. The van der Waals surface area contributed by atoms with Crippen LogP contribution >= 0.6 is 15.9 Å². The Morgan fingerprint density at radius 1 is 1.15 bits per heavy atom. The summed E-state index contributed by atoms with van der Waals surface area (Å²) in [6, 6.07) is 5.28. The molecule has 0 saturated carbocycles. The summed E-state index contributed by atoms with van der Waals surface area (Å²) in [7, 11) is 1.59. The Labute approximate surface area is 126 Å². The molecule has 2 amide bonds. The first kappa shape index (κ1) is 14.8. The van der Waals surface area contributed by atoms with Crippen LogP contribution in [0.5, 0.6) is 5.75 Å². The third-order valence-electron chi connectivity index (χ3n) is 3.41. The van der Waals surface area contributed by atoms with Gasteiger partial charge in [0.2, 0.25) is 5.91 Å². The SMILES string of the molecule is COc1ccc(C(=O)N2CCN(C(C)=O)CC2)cc1Br. The third-order valence-corrected chi connectivity index (χ3v) is 4.03. The second kappa shape index (κ2) is 6.26. The molecule has 1 fully saturated rings. The van der Waals surface area contributed by atoms with Gasteiger partial charge in [0.15, 0.2) is 0 Å². The van der Waals surface area contributed by atoms with Crippen LogP contribution in [-0.2, 0) is 4.79 Å². The van der Waals surface area contributed by atoms with E-state index in [0.29, 0.717) is 37.5 Å². The van der Waals surface area contributed by atoms with Crippen molar-refractivity contribution in [3.63, 3.8) is 0 Å². The third kappa shape index (κ3) is 3.12. The summed E-state index contributed by atoms with van der Waals surface area (Å²) in [5, 5.41) is 0. The Balaban J connectivity index is 2.05. The standard InChI is InChI=1S/C14H17BrN2O3/c1-10(18)16-5-7-17(8-6-16)14(19)11-3-4-13(20-2)12(15)9-11/h3-4,9H,5-8H2,1-2H3. The minimum absolute atomic E-state index is 0.0171. The molecule has 1 heterocycles. The van der Waals surface area contributed by atoms with Crippen molar-refractivity contribution >= 4 is 27.7 Å². The number of carbonyl (C=O) groups excluding carboxylic acids is 2. The van der Waals surface area contributed by atoms with Crippen molar-refractivity contribution in [1.82, 2.24) is 9.80 Å². The predicted octanol–water partition coefficient (Wildman–Crippen LogP) is 1.76. The van der Waals surface area contributed by atoms with Crippen molar-refractivity contribution in [2.75, 3.05) is 33.3 Å². The first-order valence-electron chi connectivity index (χ1n) is 6.41. The molecule has 2 rings (SSSR count). The Morgan fingerprint density at radius 3 is 2.25 bits per heavy atom. The maximum Gasteiger partial charge on any atom is 0.254 e. The van der Waals surface area contributed by atoms with Gasteiger partial charge in [-0.2, -0.15) is 0 Å². The maximum absolute atomic E-state index is 12.4. The van der Waals surface area contributed by atoms with E-state index in [9.17, 15) is 9.59 Å². The lowest BCUT2D eigenvalue weighted by molar-refractivity contribution is -0.130. The number of benzene rings is 1. The van der Waals surface area contributed by atoms with E-state index in [-0.39, 0.29) is 11.8 Å². The normalized spacial score (nSPS) is 15.2. The van der Waals surface area contributed by atoms with E-state index in [4.69, 9.17) is 4.74 Å². The fraction of sp³-hybridized carbons (Fsp3) is 0.429. The van der Waals surface area contributed by atoms with Crippen LogP contribution in [0.1, 0.15) is 17.3 Å². The lowest BCUT2D eigenvalue weighted by atomic mass is 10.1. The summed E-state index contributed by atoms with van der Waals surface area (Å²) in [5.74, 6) is 0.740. The number of ether oxygens (including phenoxy) is 1. The van der Waals surface area contributed by atoms with Crippen LogP contribution in [0, 0.1) is 0 Å². The van der Waals surface area contributed by atoms with Gasteiger partial charge in [-0.05, 0) is 34.1 Å². The number of methoxy groups -OCH3 is 1. The smallest absolute Gasteiger partial charge is 0.254 e. The van der Waals surface area contributed by atoms with Crippen molar-refractivity contribution in [1.29, 1.82) is 0 Å². The highest BCUT2D eigenvalue weighted by Crippen LogP contribution is 2.26. The second-order valence-electron chi connectivity index (χ2n) is 4.65. The number of nitrogens with zero attached hydrogens (tertiary/aromatic N) is 2. The molecule has 0 N–H and O–H groups in total. The van der Waals surface area contributed by atoms with Crippen molar-refractivity contribution in [2.45, 2.75) is 6.92 Å². The second-order valence-corrected chi connectivity index (χ2v) is 5.50. The maximum atomic E-state index is 12.4. The number of amides is 2. The van der Waals surface area contributed by atoms with E-state index in [1.165, 1.54) is 0 Å². The molecule has 1 aromatic rings. The Kier molecular flexibility index (Phi) is 4.65. The van der Waals surface area contributed by atoms with Crippen LogP contribution in [0.25, 0.3) is 0 Å². The Bertz CT molecular complexity index is 525. The van der Waals surface area contributed by atoms with Gasteiger partial charge in [-0.25, -0.2) is 0 Å². The number of hydrogen-bond acceptors (Lipinski definition) is 3. The molecular formula is C14H17BrN2O3. The van der Waals surface area contributed by atoms with Gasteiger partial charge in [0.05, 0.1) is 11.6 Å². The van der Waals surface area contributed by atoms with E-state index < -0.39 is 0 Å². The van der Waals surface area contributed by atoms with Crippen molar-refractivity contribution in [3.8, 4) is 5.75 Å². The molecule has 0 unspecified atom stereocenters. The van der Waals surface area contributed by atoms with E-state index in [0.717, 1.165) is 4.47 Å². The quantitative estimate of drug-likeness (QED) is 0.824. The lowest BCUT2D eigenvalue weighted by Crippen LogP contribution is -2.50. The van der Waals surface area contributed by atoms with Crippen LogP contribution in [0.4, 0.5) is 0 Å². The highest BCUT2D eigenvalue weighted by molar-refractivity contribution is 9.10. The molecule has 0 bridgehead atoms. The van der Waals surface area contributed by atoms with Gasteiger partial charge in [0, 0.05) is 38.7 Å². The summed E-state index contributed by atoms with van der Waals surface area (Å²) in [4.78, 5) is 27.2. The van der Waals surface area contributed by atoms with Crippen LogP contribution in [0.15, 0.2) is 22.7 Å². The molecule has 1 saturated heterocycles. The van der Waals surface area contributed by atoms with E-state index >= 15 is 0 Å². The fourth-order valence-corrected chi connectivity index (χ4v) is 2.75. The fourth-order valence-electron chi connectivity index (χ4n) is 2.21. The molecule has 6 heteroatoms. The largest absolute Gasteiger partial charge is 0.496 e. The molecule has 0 spiro atoms. The van der Waals surface area contributed by atoms with Crippen LogP contribution in [0.2, 0.25) is 0 Å². The van der Waals surface area contributed by atoms with Gasteiger partial charge in [0.1, 0.15) is 5.75 Å². The molecule has 0 atom stereocenters. The molecule has 5 nitrogen and oxygen atoms in total. The van der Waals surface area contributed by atoms with Gasteiger partial charge in [0.25, 0.3) is 5.91 Å². The van der Waals surface area contributed by atoms with Crippen molar-refractivity contribution in [3.05, 3.63) is 28.2 Å². The molecule has 0 aromatic heterocycles. The van der Waals surface area contributed by atoms with E-state index in [1.54, 1.807) is 42.0 Å². The monoisotopic (exact) mass is 340 g/mol. The minimum atomic E-state index is -0.0171. The predicted molar refractivity (Wildman–Crippen MR) is 78.9 cm³/mol. The van der Waals surface area contributed by atoms with Gasteiger partial charge < -0.3 is 14.5 Å². The van der Waals surface area contributed by atoms with Crippen LogP contribution in [-0.4, -0.2) is 54.9 Å². The topological polar surface area (TPSA) is 49.9 Å². The van der Waals surface area contributed by atoms with Crippen LogP contribution < -0.4 is 4.74 Å².